The smallest absolute Gasteiger partial charge is 0.256 e. The largest absolute Gasteiger partial charge is 0.382 e. The van der Waals surface area contributed by atoms with Gasteiger partial charge in [0, 0.05) is 48.0 Å². The number of nitrogens with two attached hydrogens (primary N) is 1. The van der Waals surface area contributed by atoms with Crippen molar-refractivity contribution < 1.29 is 12.8 Å². The van der Waals surface area contributed by atoms with Crippen molar-refractivity contribution in [2.24, 2.45) is 11.7 Å². The van der Waals surface area contributed by atoms with Gasteiger partial charge in [0.05, 0.1) is 34.6 Å². The van der Waals surface area contributed by atoms with Crippen molar-refractivity contribution in [3.05, 3.63) is 77.9 Å². The monoisotopic (exact) mass is 635 g/mol. The molecule has 1 aliphatic heterocycles. The Hall–Kier alpha value is -3.68. The van der Waals surface area contributed by atoms with Crippen LogP contribution in [0.1, 0.15) is 69.3 Å². The number of halogens is 1. The summed E-state index contributed by atoms with van der Waals surface area (Å²) in [4.78, 5) is 16.0. The molecule has 2 fully saturated rings. The lowest BCUT2D eigenvalue weighted by Crippen LogP contribution is -2.50. The van der Waals surface area contributed by atoms with Crippen LogP contribution < -0.4 is 16.4 Å². The van der Waals surface area contributed by atoms with E-state index >= 15 is 0 Å². The lowest BCUT2D eigenvalue weighted by molar-refractivity contribution is 0.221. The Morgan fingerprint density at radius 2 is 1.87 bits per heavy atom. The minimum absolute atomic E-state index is 0.254. The van der Waals surface area contributed by atoms with Crippen LogP contribution in [0.15, 0.2) is 61.0 Å². The van der Waals surface area contributed by atoms with Crippen LogP contribution in [0.2, 0.25) is 0 Å². The summed E-state index contributed by atoms with van der Waals surface area (Å²) in [6.07, 6.45) is 15.4. The van der Waals surface area contributed by atoms with E-state index in [2.05, 4.69) is 44.7 Å². The Labute approximate surface area is 264 Å². The predicted octanol–water partition coefficient (Wildman–Crippen LogP) is 3.63. The van der Waals surface area contributed by atoms with Gasteiger partial charge < -0.3 is 21.3 Å². The molecule has 2 aliphatic carbocycles. The highest BCUT2D eigenvalue weighted by atomic mass is 32.2. The second kappa shape index (κ2) is 11.9. The quantitative estimate of drug-likeness (QED) is 0.302. The minimum atomic E-state index is -3.51. The fraction of sp³-hybridized carbons (Fsp3) is 0.500. The molecule has 6 rings (SSSR count). The SMILES string of the molecule is CN(C)CC1CCC(NC2=CC(N)(c3ccnc(-c4cnn(S(=O)(=O)C5CC5)c4)n3)NC=C2c2ccc(C(C)(C)F)cn2)CC1. The maximum absolute atomic E-state index is 14.6. The number of nitrogens with one attached hydrogen (secondary N) is 2. The fourth-order valence-electron chi connectivity index (χ4n) is 6.03. The number of alkyl halides is 1. The van der Waals surface area contributed by atoms with E-state index in [1.54, 1.807) is 24.5 Å². The number of hydrogen-bond acceptors (Lipinski definition) is 10. The van der Waals surface area contributed by atoms with Gasteiger partial charge >= 0.3 is 0 Å². The summed E-state index contributed by atoms with van der Waals surface area (Å²) in [5.74, 6) is 0.990. The highest BCUT2D eigenvalue weighted by Crippen LogP contribution is 2.34. The Balaban J connectivity index is 1.29. The summed E-state index contributed by atoms with van der Waals surface area (Å²) in [5, 5.41) is 10.8. The molecular weight excluding hydrogens is 593 g/mol. The highest BCUT2D eigenvalue weighted by Gasteiger charge is 2.38. The molecule has 45 heavy (non-hydrogen) atoms. The van der Waals surface area contributed by atoms with Gasteiger partial charge in [0.1, 0.15) is 5.67 Å². The van der Waals surface area contributed by atoms with E-state index in [9.17, 15) is 12.8 Å². The molecule has 11 nitrogen and oxygen atoms in total. The third kappa shape index (κ3) is 6.80. The van der Waals surface area contributed by atoms with Crippen LogP contribution in [0, 0.1) is 5.92 Å². The van der Waals surface area contributed by atoms with Gasteiger partial charge in [-0.05, 0) is 90.6 Å². The topological polar surface area (TPSA) is 144 Å². The number of rotatable bonds is 10. The lowest BCUT2D eigenvalue weighted by atomic mass is 9.85. The molecule has 2 saturated carbocycles. The minimum Gasteiger partial charge on any atom is -0.382 e. The molecule has 4 heterocycles. The molecule has 1 unspecified atom stereocenters. The number of hydrogen-bond donors (Lipinski definition) is 3. The Morgan fingerprint density at radius 1 is 1.11 bits per heavy atom. The average molecular weight is 636 g/mol. The van der Waals surface area contributed by atoms with Crippen LogP contribution in [0.4, 0.5) is 4.39 Å². The van der Waals surface area contributed by atoms with Crippen molar-refractivity contribution in [3.8, 4) is 11.4 Å². The van der Waals surface area contributed by atoms with Gasteiger partial charge in [-0.2, -0.15) is 9.19 Å². The van der Waals surface area contributed by atoms with Gasteiger partial charge in [-0.3, -0.25) is 4.98 Å². The summed E-state index contributed by atoms with van der Waals surface area (Å²) in [6, 6.07) is 5.58. The molecule has 0 radical (unpaired) electrons. The van der Waals surface area contributed by atoms with E-state index in [4.69, 9.17) is 10.7 Å². The summed E-state index contributed by atoms with van der Waals surface area (Å²) in [7, 11) is 0.720. The van der Waals surface area contributed by atoms with Crippen LogP contribution in [-0.2, 0) is 21.4 Å². The first-order chi connectivity index (χ1) is 21.3. The number of nitrogens with zero attached hydrogens (tertiary/aromatic N) is 6. The Kier molecular flexibility index (Phi) is 8.29. The van der Waals surface area contributed by atoms with Crippen molar-refractivity contribution in [3.63, 3.8) is 0 Å². The molecule has 3 aromatic rings. The van der Waals surface area contributed by atoms with Crippen LogP contribution in [0.3, 0.4) is 0 Å². The Morgan fingerprint density at radius 3 is 2.51 bits per heavy atom. The van der Waals surface area contributed by atoms with Crippen LogP contribution >= 0.6 is 0 Å². The number of allylic oxidation sites excluding steroid dienone is 1. The molecule has 0 bridgehead atoms. The van der Waals surface area contributed by atoms with Gasteiger partial charge in [0.25, 0.3) is 10.0 Å². The fourth-order valence-corrected chi connectivity index (χ4v) is 7.51. The third-order valence-corrected chi connectivity index (χ3v) is 10.8. The lowest BCUT2D eigenvalue weighted by Gasteiger charge is -2.36. The standard InChI is InChI=1S/C32H42FN9O2S/c1-31(2,33)23-7-12-27(36-17-23)26-18-37-32(34,15-28(26)39-24-8-5-21(6-9-24)19-41(3)4)29-13-14-35-30(40-29)22-16-38-42(20-22)45(43,44)25-10-11-25/h7,12-18,20-21,24-25,37,39H,5-6,8-11,19,34H2,1-4H3. The number of dihydropyridines is 1. The third-order valence-electron chi connectivity index (χ3n) is 8.78. The van der Waals surface area contributed by atoms with E-state index in [-0.39, 0.29) is 11.3 Å². The van der Waals surface area contributed by atoms with Crippen LogP contribution in [0.5, 0.6) is 0 Å². The van der Waals surface area contributed by atoms with Crippen molar-refractivity contribution >= 4 is 15.6 Å². The summed E-state index contributed by atoms with van der Waals surface area (Å²) in [6.45, 7) is 4.11. The molecule has 4 N–H and O–H groups in total. The van der Waals surface area contributed by atoms with E-state index in [0.29, 0.717) is 47.1 Å². The highest BCUT2D eigenvalue weighted by molar-refractivity contribution is 7.90. The van der Waals surface area contributed by atoms with Gasteiger partial charge in [0.15, 0.2) is 11.5 Å². The first kappa shape index (κ1) is 31.3. The maximum atomic E-state index is 14.6. The zero-order valence-corrected chi connectivity index (χ0v) is 27.1. The number of aromatic nitrogens is 5. The van der Waals surface area contributed by atoms with Gasteiger partial charge in [-0.25, -0.2) is 22.8 Å². The molecule has 3 aromatic heterocycles. The zero-order valence-electron chi connectivity index (χ0n) is 26.2. The average Bonchev–Trinajstić information content (AvgIpc) is 3.75. The van der Waals surface area contributed by atoms with Crippen LogP contribution in [0.25, 0.3) is 17.0 Å². The maximum Gasteiger partial charge on any atom is 0.256 e. The summed E-state index contributed by atoms with van der Waals surface area (Å²) < 4.78 is 40.9. The molecule has 0 aromatic carbocycles. The Bertz CT molecular complexity index is 1700. The van der Waals surface area contributed by atoms with Crippen molar-refractivity contribution in [1.29, 1.82) is 0 Å². The van der Waals surface area contributed by atoms with Gasteiger partial charge in [-0.1, -0.05) is 6.07 Å². The molecule has 3 aliphatic rings. The van der Waals surface area contributed by atoms with Gasteiger partial charge in [0.2, 0.25) is 0 Å². The van der Waals surface area contributed by atoms with E-state index in [1.165, 1.54) is 26.2 Å². The molecular formula is C32H42FN9O2S. The predicted molar refractivity (Wildman–Crippen MR) is 171 cm³/mol. The molecule has 13 heteroatoms. The summed E-state index contributed by atoms with van der Waals surface area (Å²) >= 11 is 0. The second-order valence-electron chi connectivity index (χ2n) is 13.3. The van der Waals surface area contributed by atoms with E-state index in [0.717, 1.165) is 47.6 Å². The summed E-state index contributed by atoms with van der Waals surface area (Å²) in [5.41, 5.74) is 8.08. The number of pyridine rings is 1. The molecule has 0 saturated heterocycles. The molecule has 0 spiro atoms. The first-order valence-electron chi connectivity index (χ1n) is 15.5. The van der Waals surface area contributed by atoms with E-state index in [1.807, 2.05) is 18.3 Å². The molecule has 1 atom stereocenters. The van der Waals surface area contributed by atoms with Crippen molar-refractivity contribution in [2.45, 2.75) is 75.0 Å². The van der Waals surface area contributed by atoms with Gasteiger partial charge in [-0.15, -0.1) is 0 Å². The molecule has 0 amide bonds. The zero-order chi connectivity index (χ0) is 32.0. The van der Waals surface area contributed by atoms with Crippen LogP contribution in [-0.4, -0.2) is 69.4 Å². The normalized spacial score (nSPS) is 24.2. The molecule has 240 valence electrons. The van der Waals surface area contributed by atoms with Crippen molar-refractivity contribution in [1.82, 2.24) is 39.7 Å². The second-order valence-corrected chi connectivity index (χ2v) is 15.3. The first-order valence-corrected chi connectivity index (χ1v) is 17.0. The van der Waals surface area contributed by atoms with Crippen molar-refractivity contribution in [2.75, 3.05) is 20.6 Å². The van der Waals surface area contributed by atoms with E-state index < -0.39 is 21.4 Å².